The van der Waals surface area contributed by atoms with Crippen molar-refractivity contribution in [1.82, 2.24) is 4.31 Å². The minimum Gasteiger partial charge on any atom is -0.447 e. The van der Waals surface area contributed by atoms with Gasteiger partial charge in [-0.3, -0.25) is 4.79 Å². The molecule has 1 aliphatic rings. The van der Waals surface area contributed by atoms with Crippen molar-refractivity contribution in [3.8, 4) is 0 Å². The highest BCUT2D eigenvalue weighted by Crippen LogP contribution is 2.38. The number of ether oxygens (including phenoxy) is 1. The number of hydrogen-bond acceptors (Lipinski definition) is 4. The number of rotatable bonds is 5. The van der Waals surface area contributed by atoms with Crippen LogP contribution in [0.4, 0.5) is 26.3 Å². The second-order valence-electron chi connectivity index (χ2n) is 7.19. The fourth-order valence-electron chi connectivity index (χ4n) is 3.35. The standard InChI is InChI=1S/C20H17F6NO4S/c21-14-1-3-17(4-2-14)32(29,30)27-7-5-12(6-8-27)19(28)31-18(20(24,25)26)13-9-15(22)11-16(23)10-13/h1-4,9-12,18H,5-8H2. The lowest BCUT2D eigenvalue weighted by atomic mass is 9.98. The quantitative estimate of drug-likeness (QED) is 0.471. The molecule has 1 unspecified atom stereocenters. The van der Waals surface area contributed by atoms with Crippen molar-refractivity contribution in [3.63, 3.8) is 0 Å². The van der Waals surface area contributed by atoms with Gasteiger partial charge in [-0.15, -0.1) is 0 Å². The van der Waals surface area contributed by atoms with E-state index < -0.39 is 57.2 Å². The molecule has 0 aromatic heterocycles. The number of carbonyl (C=O) groups is 1. The maximum absolute atomic E-state index is 13.4. The Morgan fingerprint density at radius 3 is 1.97 bits per heavy atom. The van der Waals surface area contributed by atoms with Gasteiger partial charge in [-0.25, -0.2) is 21.6 Å². The summed E-state index contributed by atoms with van der Waals surface area (Å²) in [5.74, 6) is -5.44. The van der Waals surface area contributed by atoms with E-state index in [0.29, 0.717) is 18.2 Å². The SMILES string of the molecule is O=C(OC(c1cc(F)cc(F)c1)C(F)(F)F)C1CCN(S(=O)(=O)c2ccc(F)cc2)CC1. The van der Waals surface area contributed by atoms with Crippen molar-refractivity contribution in [3.05, 3.63) is 65.5 Å². The van der Waals surface area contributed by atoms with Crippen molar-refractivity contribution in [2.45, 2.75) is 30.0 Å². The maximum atomic E-state index is 13.4. The van der Waals surface area contributed by atoms with Crippen LogP contribution in [0.2, 0.25) is 0 Å². The highest BCUT2D eigenvalue weighted by atomic mass is 32.2. The summed E-state index contributed by atoms with van der Waals surface area (Å²) in [6.07, 6.45) is -8.24. The summed E-state index contributed by atoms with van der Waals surface area (Å²) >= 11 is 0. The van der Waals surface area contributed by atoms with Crippen LogP contribution in [0.3, 0.4) is 0 Å². The topological polar surface area (TPSA) is 63.7 Å². The number of hydrogen-bond donors (Lipinski definition) is 0. The summed E-state index contributed by atoms with van der Waals surface area (Å²) in [5.41, 5.74) is -0.903. The molecule has 2 aromatic carbocycles. The first-order chi connectivity index (χ1) is 14.9. The highest BCUT2D eigenvalue weighted by molar-refractivity contribution is 7.89. The minimum absolute atomic E-state index is 0.124. The molecule has 3 rings (SSSR count). The average Bonchev–Trinajstić information content (AvgIpc) is 2.70. The van der Waals surface area contributed by atoms with Crippen LogP contribution in [-0.2, 0) is 19.6 Å². The molecule has 0 N–H and O–H groups in total. The second-order valence-corrected chi connectivity index (χ2v) is 9.13. The Labute approximate surface area is 179 Å². The van der Waals surface area contributed by atoms with Crippen LogP contribution < -0.4 is 0 Å². The summed E-state index contributed by atoms with van der Waals surface area (Å²) in [4.78, 5) is 12.2. The van der Waals surface area contributed by atoms with Crippen LogP contribution in [0.25, 0.3) is 0 Å². The first kappa shape index (κ1) is 24.1. The number of carbonyl (C=O) groups excluding carboxylic acids is 1. The Morgan fingerprint density at radius 2 is 1.47 bits per heavy atom. The largest absolute Gasteiger partial charge is 0.447 e. The number of sulfonamides is 1. The molecule has 0 saturated carbocycles. The van der Waals surface area contributed by atoms with Gasteiger partial charge >= 0.3 is 12.1 Å². The van der Waals surface area contributed by atoms with Crippen molar-refractivity contribution in [2.75, 3.05) is 13.1 Å². The van der Waals surface area contributed by atoms with Crippen LogP contribution in [-0.4, -0.2) is 38.0 Å². The van der Waals surface area contributed by atoms with Crippen LogP contribution in [0.15, 0.2) is 47.4 Å². The van der Waals surface area contributed by atoms with Crippen LogP contribution in [0.5, 0.6) is 0 Å². The Balaban J connectivity index is 1.69. The van der Waals surface area contributed by atoms with E-state index in [-0.39, 0.29) is 30.8 Å². The molecule has 1 heterocycles. The van der Waals surface area contributed by atoms with Gasteiger partial charge in [-0.2, -0.15) is 17.5 Å². The van der Waals surface area contributed by atoms with Gasteiger partial charge in [-0.1, -0.05) is 0 Å². The summed E-state index contributed by atoms with van der Waals surface area (Å²) in [5, 5.41) is 0. The summed E-state index contributed by atoms with van der Waals surface area (Å²) in [7, 11) is -3.98. The first-order valence-corrected chi connectivity index (χ1v) is 10.8. The minimum atomic E-state index is -5.12. The van der Waals surface area contributed by atoms with Crippen molar-refractivity contribution < 1.29 is 44.3 Å². The average molecular weight is 481 g/mol. The van der Waals surface area contributed by atoms with Gasteiger partial charge in [0.2, 0.25) is 16.1 Å². The molecule has 1 atom stereocenters. The lowest BCUT2D eigenvalue weighted by molar-refractivity contribution is -0.226. The van der Waals surface area contributed by atoms with Gasteiger partial charge in [0.25, 0.3) is 0 Å². The molecule has 0 aliphatic carbocycles. The summed E-state index contributed by atoms with van der Waals surface area (Å²) < 4.78 is 111. The van der Waals surface area contributed by atoms with E-state index in [0.717, 1.165) is 28.6 Å². The Hall–Kier alpha value is -2.60. The van der Waals surface area contributed by atoms with Gasteiger partial charge in [0.15, 0.2) is 0 Å². The van der Waals surface area contributed by atoms with Gasteiger partial charge in [0, 0.05) is 24.7 Å². The smallest absolute Gasteiger partial charge is 0.429 e. The van der Waals surface area contributed by atoms with Crippen molar-refractivity contribution >= 4 is 16.0 Å². The van der Waals surface area contributed by atoms with Crippen LogP contribution >= 0.6 is 0 Å². The van der Waals surface area contributed by atoms with E-state index >= 15 is 0 Å². The van der Waals surface area contributed by atoms with E-state index in [9.17, 15) is 39.6 Å². The summed E-state index contributed by atoms with van der Waals surface area (Å²) in [6.45, 7) is -0.352. The zero-order valence-corrected chi connectivity index (χ0v) is 17.1. The lowest BCUT2D eigenvalue weighted by Gasteiger charge is -2.31. The molecular formula is C20H17F6NO4S. The molecule has 0 amide bonds. The van der Waals surface area contributed by atoms with Crippen LogP contribution in [0.1, 0.15) is 24.5 Å². The fourth-order valence-corrected chi connectivity index (χ4v) is 4.82. The Morgan fingerprint density at radius 1 is 0.938 bits per heavy atom. The van der Waals surface area contributed by atoms with E-state index in [1.165, 1.54) is 0 Å². The third kappa shape index (κ3) is 5.41. The Kier molecular flexibility index (Phi) is 6.84. The third-order valence-electron chi connectivity index (χ3n) is 4.96. The molecule has 2 aromatic rings. The maximum Gasteiger partial charge on any atom is 0.429 e. The molecule has 174 valence electrons. The monoisotopic (exact) mass is 481 g/mol. The highest BCUT2D eigenvalue weighted by Gasteiger charge is 2.46. The molecular weight excluding hydrogens is 464 g/mol. The molecule has 1 saturated heterocycles. The van der Waals surface area contributed by atoms with E-state index in [1.54, 1.807) is 0 Å². The molecule has 0 spiro atoms. The number of halogens is 6. The van der Waals surface area contributed by atoms with E-state index in [1.807, 2.05) is 0 Å². The normalized spacial score (nSPS) is 17.2. The predicted molar refractivity (Wildman–Crippen MR) is 99.1 cm³/mol. The first-order valence-electron chi connectivity index (χ1n) is 9.37. The molecule has 5 nitrogen and oxygen atoms in total. The molecule has 12 heteroatoms. The molecule has 1 fully saturated rings. The lowest BCUT2D eigenvalue weighted by Crippen LogP contribution is -2.41. The second kappa shape index (κ2) is 9.10. The number of piperidine rings is 1. The van der Waals surface area contributed by atoms with Gasteiger partial charge in [-0.05, 0) is 49.2 Å². The van der Waals surface area contributed by atoms with Crippen LogP contribution in [0, 0.1) is 23.4 Å². The molecule has 0 radical (unpaired) electrons. The van der Waals surface area contributed by atoms with E-state index in [2.05, 4.69) is 4.74 Å². The number of esters is 1. The van der Waals surface area contributed by atoms with Gasteiger partial charge in [0.1, 0.15) is 17.5 Å². The number of alkyl halides is 3. The predicted octanol–water partition coefficient (Wildman–Crippen LogP) is 4.35. The van der Waals surface area contributed by atoms with Crippen molar-refractivity contribution in [2.24, 2.45) is 5.92 Å². The van der Waals surface area contributed by atoms with Crippen molar-refractivity contribution in [1.29, 1.82) is 0 Å². The Bertz CT molecular complexity index is 1060. The fraction of sp³-hybridized carbons (Fsp3) is 0.350. The van der Waals surface area contributed by atoms with Gasteiger partial charge in [0.05, 0.1) is 10.8 Å². The molecule has 32 heavy (non-hydrogen) atoms. The van der Waals surface area contributed by atoms with E-state index in [4.69, 9.17) is 0 Å². The number of nitrogens with zero attached hydrogens (tertiary/aromatic N) is 1. The molecule has 0 bridgehead atoms. The third-order valence-corrected chi connectivity index (χ3v) is 6.87. The zero-order valence-electron chi connectivity index (χ0n) is 16.3. The zero-order chi connectivity index (χ0) is 23.7. The number of benzene rings is 2. The van der Waals surface area contributed by atoms with Gasteiger partial charge < -0.3 is 4.74 Å². The summed E-state index contributed by atoms with van der Waals surface area (Å²) in [6, 6.07) is 5.34. The molecule has 1 aliphatic heterocycles.